The van der Waals surface area contributed by atoms with Crippen LogP contribution in [-0.4, -0.2) is 39.7 Å². The van der Waals surface area contributed by atoms with E-state index in [9.17, 15) is 14.4 Å². The van der Waals surface area contributed by atoms with Gasteiger partial charge in [-0.05, 0) is 67.9 Å². The number of amides is 2. The Balaban J connectivity index is 1.97. The molecule has 0 N–H and O–H groups in total. The van der Waals surface area contributed by atoms with Crippen LogP contribution in [0.5, 0.6) is 0 Å². The predicted octanol–water partition coefficient (Wildman–Crippen LogP) is 3.69. The first-order valence-corrected chi connectivity index (χ1v) is 9.25. The van der Waals surface area contributed by atoms with Gasteiger partial charge in [-0.1, -0.05) is 12.1 Å². The Labute approximate surface area is 161 Å². The van der Waals surface area contributed by atoms with Gasteiger partial charge >= 0.3 is 5.97 Å². The van der Waals surface area contributed by atoms with E-state index in [-0.39, 0.29) is 4.91 Å². The molecule has 1 aromatic heterocycles. The number of aromatic nitrogens is 1. The molecule has 0 bridgehead atoms. The highest BCUT2D eigenvalue weighted by molar-refractivity contribution is 8.18. The van der Waals surface area contributed by atoms with Crippen LogP contribution in [0.2, 0.25) is 0 Å². The Morgan fingerprint density at radius 3 is 2.63 bits per heavy atom. The molecule has 1 aliphatic rings. The van der Waals surface area contributed by atoms with Crippen LogP contribution in [0.4, 0.5) is 4.79 Å². The highest BCUT2D eigenvalue weighted by Crippen LogP contribution is 2.34. The van der Waals surface area contributed by atoms with Crippen molar-refractivity contribution in [2.75, 3.05) is 7.11 Å². The summed E-state index contributed by atoms with van der Waals surface area (Å²) in [4.78, 5) is 37.9. The van der Waals surface area contributed by atoms with Crippen molar-refractivity contribution < 1.29 is 19.1 Å². The zero-order valence-corrected chi connectivity index (χ0v) is 16.4. The summed E-state index contributed by atoms with van der Waals surface area (Å²) in [7, 11) is 1.23. The molecule has 0 radical (unpaired) electrons. The molecule has 2 aromatic rings. The van der Waals surface area contributed by atoms with Crippen LogP contribution in [-0.2, 0) is 14.3 Å². The minimum Gasteiger partial charge on any atom is -0.467 e. The molecule has 140 valence electrons. The van der Waals surface area contributed by atoms with Gasteiger partial charge in [0.05, 0.1) is 12.0 Å². The van der Waals surface area contributed by atoms with E-state index in [1.165, 1.54) is 19.6 Å². The molecule has 27 heavy (non-hydrogen) atoms. The van der Waals surface area contributed by atoms with Gasteiger partial charge in [-0.3, -0.25) is 14.5 Å². The summed E-state index contributed by atoms with van der Waals surface area (Å²) in [5, 5.41) is -0.478. The van der Waals surface area contributed by atoms with Gasteiger partial charge in [0.2, 0.25) is 0 Å². The first-order chi connectivity index (χ1) is 12.8. The zero-order valence-electron chi connectivity index (χ0n) is 15.6. The van der Waals surface area contributed by atoms with Crippen LogP contribution in [0.15, 0.2) is 41.4 Å². The first kappa shape index (κ1) is 19.0. The van der Waals surface area contributed by atoms with E-state index in [1.54, 1.807) is 6.08 Å². The topological polar surface area (TPSA) is 68.6 Å². The molecule has 2 amide bonds. The molecule has 1 saturated heterocycles. The number of carbonyl (C=O) groups excluding carboxylic acids is 3. The molecule has 1 aliphatic heterocycles. The Bertz CT molecular complexity index is 961. The number of ether oxygens (including phenoxy) is 1. The number of hydrogen-bond acceptors (Lipinski definition) is 5. The molecule has 1 atom stereocenters. The number of imide groups is 1. The van der Waals surface area contributed by atoms with Gasteiger partial charge in [-0.15, -0.1) is 0 Å². The van der Waals surface area contributed by atoms with Crippen LogP contribution in [0.1, 0.15) is 23.7 Å². The third-order valence-electron chi connectivity index (χ3n) is 4.65. The van der Waals surface area contributed by atoms with Crippen LogP contribution in [0.3, 0.4) is 0 Å². The Hall–Kier alpha value is -2.80. The second-order valence-electron chi connectivity index (χ2n) is 6.27. The molecule has 0 unspecified atom stereocenters. The number of benzene rings is 1. The van der Waals surface area contributed by atoms with E-state index in [1.807, 2.05) is 54.9 Å². The fourth-order valence-corrected chi connectivity index (χ4v) is 3.84. The zero-order chi connectivity index (χ0) is 19.7. The average Bonchev–Trinajstić information content (AvgIpc) is 3.21. The Morgan fingerprint density at radius 2 is 1.93 bits per heavy atom. The number of nitrogens with zero attached hydrogens (tertiary/aromatic N) is 2. The lowest BCUT2D eigenvalue weighted by Gasteiger charge is -2.18. The predicted molar refractivity (Wildman–Crippen MR) is 105 cm³/mol. The van der Waals surface area contributed by atoms with E-state index < -0.39 is 23.2 Å². The van der Waals surface area contributed by atoms with Crippen LogP contribution in [0.25, 0.3) is 11.8 Å². The maximum atomic E-state index is 12.7. The summed E-state index contributed by atoms with van der Waals surface area (Å²) < 4.78 is 6.62. The smallest absolute Gasteiger partial charge is 0.328 e. The lowest BCUT2D eigenvalue weighted by molar-refractivity contribution is -0.148. The summed E-state index contributed by atoms with van der Waals surface area (Å²) in [6.45, 7) is 5.56. The van der Waals surface area contributed by atoms with Gasteiger partial charge in [-0.2, -0.15) is 0 Å². The van der Waals surface area contributed by atoms with Crippen LogP contribution < -0.4 is 0 Å². The number of carbonyl (C=O) groups is 3. The van der Waals surface area contributed by atoms with Gasteiger partial charge in [0.15, 0.2) is 0 Å². The van der Waals surface area contributed by atoms with Crippen molar-refractivity contribution in [3.63, 3.8) is 0 Å². The quantitative estimate of drug-likeness (QED) is 0.594. The maximum Gasteiger partial charge on any atom is 0.328 e. The second kappa shape index (κ2) is 7.44. The molecule has 0 aliphatic carbocycles. The lowest BCUT2D eigenvalue weighted by atomic mass is 10.1. The number of rotatable bonds is 4. The van der Waals surface area contributed by atoms with Gasteiger partial charge in [-0.25, -0.2) is 4.79 Å². The SMILES string of the molecule is COC(=O)[C@@H](C)N1C(=O)S/C(=C/c2cccn2-c2cccc(C)c2C)C1=O. The number of thioether (sulfide) groups is 1. The van der Waals surface area contributed by atoms with Crippen molar-refractivity contribution in [1.29, 1.82) is 0 Å². The van der Waals surface area contributed by atoms with Crippen molar-refractivity contribution in [2.24, 2.45) is 0 Å². The molecule has 0 spiro atoms. The van der Waals surface area contributed by atoms with E-state index in [4.69, 9.17) is 0 Å². The molecule has 1 aromatic carbocycles. The number of methoxy groups -OCH3 is 1. The fraction of sp³-hybridized carbons (Fsp3) is 0.250. The molecular weight excluding hydrogens is 364 g/mol. The molecule has 2 heterocycles. The molecule has 7 heteroatoms. The first-order valence-electron chi connectivity index (χ1n) is 8.44. The van der Waals surface area contributed by atoms with Gasteiger partial charge in [0.1, 0.15) is 6.04 Å². The lowest BCUT2D eigenvalue weighted by Crippen LogP contribution is -2.42. The molecule has 3 rings (SSSR count). The summed E-state index contributed by atoms with van der Waals surface area (Å²) in [5.41, 5.74) is 4.09. The van der Waals surface area contributed by atoms with Crippen LogP contribution >= 0.6 is 11.8 Å². The fourth-order valence-electron chi connectivity index (χ4n) is 2.95. The highest BCUT2D eigenvalue weighted by atomic mass is 32.2. The maximum absolute atomic E-state index is 12.7. The molecular formula is C20H20N2O4S. The second-order valence-corrected chi connectivity index (χ2v) is 7.27. The molecule has 0 saturated carbocycles. The van der Waals surface area contributed by atoms with Crippen LogP contribution in [0, 0.1) is 13.8 Å². The van der Waals surface area contributed by atoms with Crippen molar-refractivity contribution >= 4 is 35.0 Å². The van der Waals surface area contributed by atoms with E-state index in [2.05, 4.69) is 4.74 Å². The van der Waals surface area contributed by atoms with E-state index in [0.717, 1.165) is 33.6 Å². The number of esters is 1. The van der Waals surface area contributed by atoms with Crippen molar-refractivity contribution in [2.45, 2.75) is 26.8 Å². The summed E-state index contributed by atoms with van der Waals surface area (Å²) in [5.74, 6) is -1.12. The summed E-state index contributed by atoms with van der Waals surface area (Å²) in [6.07, 6.45) is 3.59. The summed E-state index contributed by atoms with van der Waals surface area (Å²) >= 11 is 0.825. The Morgan fingerprint density at radius 1 is 1.19 bits per heavy atom. The van der Waals surface area contributed by atoms with Gasteiger partial charge < -0.3 is 9.30 Å². The monoisotopic (exact) mass is 384 g/mol. The standard InChI is InChI=1S/C20H20N2O4S/c1-12-7-5-9-16(13(12)2)21-10-6-8-15(21)11-17-18(23)22(20(25)27-17)14(3)19(24)26-4/h5-11,14H,1-4H3/b17-11+/t14-/m1/s1. The Kier molecular flexibility index (Phi) is 5.23. The van der Waals surface area contributed by atoms with Crippen molar-refractivity contribution in [1.82, 2.24) is 9.47 Å². The average molecular weight is 384 g/mol. The third kappa shape index (κ3) is 3.42. The molecule has 1 fully saturated rings. The van der Waals surface area contributed by atoms with Crippen molar-refractivity contribution in [3.05, 3.63) is 58.3 Å². The third-order valence-corrected chi connectivity index (χ3v) is 5.53. The number of hydrogen-bond donors (Lipinski definition) is 0. The number of aryl methyl sites for hydroxylation is 1. The minimum absolute atomic E-state index is 0.279. The largest absolute Gasteiger partial charge is 0.467 e. The molecule has 6 nitrogen and oxygen atoms in total. The highest BCUT2D eigenvalue weighted by Gasteiger charge is 2.41. The van der Waals surface area contributed by atoms with E-state index >= 15 is 0 Å². The normalized spacial score (nSPS) is 16.9. The van der Waals surface area contributed by atoms with E-state index in [0.29, 0.717) is 0 Å². The summed E-state index contributed by atoms with van der Waals surface area (Å²) in [6, 6.07) is 8.83. The van der Waals surface area contributed by atoms with Crippen molar-refractivity contribution in [3.8, 4) is 5.69 Å². The van der Waals surface area contributed by atoms with Gasteiger partial charge in [0.25, 0.3) is 11.1 Å². The van der Waals surface area contributed by atoms with Gasteiger partial charge in [0, 0.05) is 17.6 Å². The minimum atomic E-state index is -0.959.